The quantitative estimate of drug-likeness (QED) is 0.845. The van der Waals surface area contributed by atoms with E-state index in [2.05, 4.69) is 22.2 Å². The third kappa shape index (κ3) is 3.57. The summed E-state index contributed by atoms with van der Waals surface area (Å²) >= 11 is 11.5. The van der Waals surface area contributed by atoms with E-state index in [1.165, 1.54) is 25.1 Å². The lowest BCUT2D eigenvalue weighted by molar-refractivity contribution is 0.0949. The van der Waals surface area contributed by atoms with Gasteiger partial charge in [-0.05, 0) is 26.0 Å². The minimum Gasteiger partial charge on any atom is -0.351 e. The lowest BCUT2D eigenvalue weighted by Gasteiger charge is -2.15. The summed E-state index contributed by atoms with van der Waals surface area (Å²) < 4.78 is 0. The van der Waals surface area contributed by atoms with E-state index in [4.69, 9.17) is 23.2 Å². The van der Waals surface area contributed by atoms with Crippen molar-refractivity contribution in [1.82, 2.24) is 15.2 Å². The number of nitrogens with zero attached hydrogens (tertiary/aromatic N) is 2. The van der Waals surface area contributed by atoms with Crippen LogP contribution in [0.15, 0.2) is 12.3 Å². The molecule has 0 spiro atoms. The average Bonchev–Trinajstić information content (AvgIpc) is 3.16. The zero-order chi connectivity index (χ0) is 13.1. The summed E-state index contributed by atoms with van der Waals surface area (Å²) in [5.74, 6) is -0.176. The van der Waals surface area contributed by atoms with E-state index >= 15 is 0 Å². The molecule has 1 aliphatic rings. The van der Waals surface area contributed by atoms with Gasteiger partial charge in [0.1, 0.15) is 5.15 Å². The third-order valence-corrected chi connectivity index (χ3v) is 3.66. The number of carbonyl (C=O) groups is 1. The van der Waals surface area contributed by atoms with Crippen LogP contribution in [0, 0.1) is 0 Å². The molecular formula is C12H15Cl2N3O. The molecule has 1 N–H and O–H groups in total. The second kappa shape index (κ2) is 5.87. The molecule has 0 saturated heterocycles. The largest absolute Gasteiger partial charge is 0.351 e. The summed E-state index contributed by atoms with van der Waals surface area (Å²) in [7, 11) is 2.07. The third-order valence-electron chi connectivity index (χ3n) is 2.98. The van der Waals surface area contributed by atoms with Crippen LogP contribution in [0.2, 0.25) is 10.2 Å². The van der Waals surface area contributed by atoms with E-state index < -0.39 is 0 Å². The maximum Gasteiger partial charge on any atom is 0.252 e. The molecule has 1 heterocycles. The summed E-state index contributed by atoms with van der Waals surface area (Å²) in [6.45, 7) is 1.47. The minimum absolute atomic E-state index is 0.176. The van der Waals surface area contributed by atoms with Gasteiger partial charge in [-0.1, -0.05) is 23.2 Å². The van der Waals surface area contributed by atoms with E-state index in [-0.39, 0.29) is 11.1 Å². The smallest absolute Gasteiger partial charge is 0.252 e. The zero-order valence-corrected chi connectivity index (χ0v) is 11.6. The first-order valence-corrected chi connectivity index (χ1v) is 6.63. The molecule has 1 fully saturated rings. The van der Waals surface area contributed by atoms with Gasteiger partial charge in [0.2, 0.25) is 0 Å². The van der Waals surface area contributed by atoms with Crippen LogP contribution in [0.5, 0.6) is 0 Å². The van der Waals surface area contributed by atoms with Crippen molar-refractivity contribution in [3.8, 4) is 0 Å². The Bertz CT molecular complexity index is 449. The maximum atomic E-state index is 11.8. The number of amides is 1. The molecule has 0 atom stereocenters. The molecule has 98 valence electrons. The van der Waals surface area contributed by atoms with Crippen molar-refractivity contribution in [2.45, 2.75) is 18.9 Å². The van der Waals surface area contributed by atoms with E-state index in [0.717, 1.165) is 6.54 Å². The normalized spacial score (nSPS) is 14.9. The van der Waals surface area contributed by atoms with Crippen LogP contribution >= 0.6 is 23.2 Å². The van der Waals surface area contributed by atoms with Crippen molar-refractivity contribution in [1.29, 1.82) is 0 Å². The predicted molar refractivity (Wildman–Crippen MR) is 72.2 cm³/mol. The van der Waals surface area contributed by atoms with Gasteiger partial charge in [0.25, 0.3) is 5.91 Å². The van der Waals surface area contributed by atoms with Crippen LogP contribution in [-0.2, 0) is 0 Å². The number of likely N-dealkylation sites (N-methyl/N-ethyl adjacent to an activating group) is 1. The summed E-state index contributed by atoms with van der Waals surface area (Å²) in [5.41, 5.74) is 0.429. The molecule has 0 unspecified atom stereocenters. The molecule has 0 bridgehead atoms. The molecule has 18 heavy (non-hydrogen) atoms. The summed E-state index contributed by atoms with van der Waals surface area (Å²) in [5, 5.41) is 3.34. The van der Waals surface area contributed by atoms with Crippen LogP contribution in [0.25, 0.3) is 0 Å². The molecule has 6 heteroatoms. The highest BCUT2D eigenvalue weighted by Gasteiger charge is 2.25. The average molecular weight is 288 g/mol. The monoisotopic (exact) mass is 287 g/mol. The Kier molecular flexibility index (Phi) is 4.43. The van der Waals surface area contributed by atoms with Crippen molar-refractivity contribution in [2.75, 3.05) is 20.1 Å². The van der Waals surface area contributed by atoms with E-state index in [1.54, 1.807) is 0 Å². The Labute approximate surface area is 116 Å². The van der Waals surface area contributed by atoms with Crippen molar-refractivity contribution in [3.05, 3.63) is 28.0 Å². The van der Waals surface area contributed by atoms with Gasteiger partial charge in [0.05, 0.1) is 10.6 Å². The molecule has 2 rings (SSSR count). The topological polar surface area (TPSA) is 45.2 Å². The molecule has 0 aromatic carbocycles. The van der Waals surface area contributed by atoms with Gasteiger partial charge in [0.15, 0.2) is 0 Å². The van der Waals surface area contributed by atoms with Gasteiger partial charge in [-0.2, -0.15) is 0 Å². The lowest BCUT2D eigenvalue weighted by Crippen LogP contribution is -2.34. The van der Waals surface area contributed by atoms with E-state index in [9.17, 15) is 4.79 Å². The highest BCUT2D eigenvalue weighted by Crippen LogP contribution is 2.24. The lowest BCUT2D eigenvalue weighted by atomic mass is 10.2. The first-order chi connectivity index (χ1) is 8.58. The SMILES string of the molecule is CN(CCNC(=O)c1cnc(Cl)c(Cl)c1)C1CC1. The summed E-state index contributed by atoms with van der Waals surface area (Å²) in [4.78, 5) is 17.9. The van der Waals surface area contributed by atoms with Gasteiger partial charge in [-0.3, -0.25) is 4.79 Å². The highest BCUT2D eigenvalue weighted by molar-refractivity contribution is 6.41. The Hall–Kier alpha value is -0.840. The van der Waals surface area contributed by atoms with Crippen molar-refractivity contribution >= 4 is 29.1 Å². The standard InChI is InChI=1S/C12H15Cl2N3O/c1-17(9-2-3-9)5-4-15-12(18)8-6-10(13)11(14)16-7-8/h6-7,9H,2-5H2,1H3,(H,15,18). The van der Waals surface area contributed by atoms with Gasteiger partial charge < -0.3 is 10.2 Å². The maximum absolute atomic E-state index is 11.8. The molecule has 1 aliphatic carbocycles. The van der Waals surface area contributed by atoms with Gasteiger partial charge in [0, 0.05) is 25.3 Å². The van der Waals surface area contributed by atoms with Crippen molar-refractivity contribution in [2.24, 2.45) is 0 Å². The molecule has 0 radical (unpaired) electrons. The van der Waals surface area contributed by atoms with Crippen LogP contribution in [0.4, 0.5) is 0 Å². The summed E-state index contributed by atoms with van der Waals surface area (Å²) in [6.07, 6.45) is 3.95. The van der Waals surface area contributed by atoms with Gasteiger partial charge >= 0.3 is 0 Å². The fourth-order valence-corrected chi connectivity index (χ4v) is 1.96. The van der Waals surface area contributed by atoms with Crippen LogP contribution in [0.1, 0.15) is 23.2 Å². The molecule has 0 aliphatic heterocycles. The number of halogens is 2. The molecule has 1 saturated carbocycles. The number of pyridine rings is 1. The fraction of sp³-hybridized carbons (Fsp3) is 0.500. The first-order valence-electron chi connectivity index (χ1n) is 5.87. The number of hydrogen-bond donors (Lipinski definition) is 1. The van der Waals surface area contributed by atoms with Crippen LogP contribution < -0.4 is 5.32 Å². The van der Waals surface area contributed by atoms with E-state index in [1.807, 2.05) is 0 Å². The summed E-state index contributed by atoms with van der Waals surface area (Å²) in [6, 6.07) is 2.23. The molecule has 1 aromatic rings. The van der Waals surface area contributed by atoms with E-state index in [0.29, 0.717) is 23.2 Å². The first kappa shape index (κ1) is 13.6. The minimum atomic E-state index is -0.176. The van der Waals surface area contributed by atoms with Crippen molar-refractivity contribution < 1.29 is 4.79 Å². The second-order valence-electron chi connectivity index (χ2n) is 4.46. The number of aromatic nitrogens is 1. The Balaban J connectivity index is 1.81. The van der Waals surface area contributed by atoms with Gasteiger partial charge in [-0.15, -0.1) is 0 Å². The number of nitrogens with one attached hydrogen (secondary N) is 1. The fourth-order valence-electron chi connectivity index (χ4n) is 1.69. The van der Waals surface area contributed by atoms with Crippen LogP contribution in [0.3, 0.4) is 0 Å². The van der Waals surface area contributed by atoms with Crippen LogP contribution in [-0.4, -0.2) is 42.0 Å². The molecule has 1 aromatic heterocycles. The van der Waals surface area contributed by atoms with Crippen molar-refractivity contribution in [3.63, 3.8) is 0 Å². The number of hydrogen-bond acceptors (Lipinski definition) is 3. The number of rotatable bonds is 5. The predicted octanol–water partition coefficient (Wildman–Crippen LogP) is 2.21. The molecular weight excluding hydrogens is 273 g/mol. The van der Waals surface area contributed by atoms with Gasteiger partial charge in [-0.25, -0.2) is 4.98 Å². The second-order valence-corrected chi connectivity index (χ2v) is 5.23. The Morgan fingerprint density at radius 2 is 2.28 bits per heavy atom. The Morgan fingerprint density at radius 1 is 1.56 bits per heavy atom. The molecule has 1 amide bonds. The number of carbonyl (C=O) groups excluding carboxylic acids is 1. The zero-order valence-electron chi connectivity index (χ0n) is 10.1. The highest BCUT2D eigenvalue weighted by atomic mass is 35.5. The Morgan fingerprint density at radius 3 is 2.89 bits per heavy atom. The molecule has 4 nitrogen and oxygen atoms in total.